The van der Waals surface area contributed by atoms with Crippen molar-refractivity contribution in [3.05, 3.63) is 64.7 Å². The monoisotopic (exact) mass is 555 g/mol. The van der Waals surface area contributed by atoms with Gasteiger partial charge in [-0.15, -0.1) is 24.0 Å². The maximum Gasteiger partial charge on any atom is 0.253 e. The number of benzene rings is 2. The quantitative estimate of drug-likeness (QED) is 0.322. The molecule has 0 saturated carbocycles. The predicted molar refractivity (Wildman–Crippen MR) is 140 cm³/mol. The molecule has 2 aromatic rings. The van der Waals surface area contributed by atoms with Crippen molar-refractivity contribution in [1.82, 2.24) is 15.5 Å². The first kappa shape index (κ1) is 25.3. The second kappa shape index (κ2) is 12.1. The van der Waals surface area contributed by atoms with E-state index in [1.807, 2.05) is 42.5 Å². The standard InChI is InChI=1S/C23H30ClN5O.HI/c1-4-25-23(26-15-17-8-10-18(11-9-17)22(30)28(2)3)27-20-12-13-29(16-20)21-7-5-6-19(24)14-21;/h5-11,14,20H,4,12-13,15-16H2,1-3H3,(H2,25,26,27);1H. The SMILES string of the molecule is CCNC(=NCc1ccc(C(=O)N(C)C)cc1)NC1CCN(c2cccc(Cl)c2)C1.I. The lowest BCUT2D eigenvalue weighted by atomic mass is 10.1. The van der Waals surface area contributed by atoms with Crippen LogP contribution in [0.5, 0.6) is 0 Å². The van der Waals surface area contributed by atoms with Gasteiger partial charge in [-0.3, -0.25) is 4.79 Å². The van der Waals surface area contributed by atoms with E-state index in [2.05, 4.69) is 28.5 Å². The smallest absolute Gasteiger partial charge is 0.253 e. The Morgan fingerprint density at radius 1 is 1.23 bits per heavy atom. The molecule has 0 aliphatic carbocycles. The highest BCUT2D eigenvalue weighted by Crippen LogP contribution is 2.23. The molecule has 31 heavy (non-hydrogen) atoms. The Morgan fingerprint density at radius 2 is 1.97 bits per heavy atom. The average molecular weight is 556 g/mol. The third-order valence-corrected chi connectivity index (χ3v) is 5.31. The summed E-state index contributed by atoms with van der Waals surface area (Å²) in [5.74, 6) is 0.814. The molecule has 2 N–H and O–H groups in total. The highest BCUT2D eigenvalue weighted by molar-refractivity contribution is 14.0. The number of carbonyl (C=O) groups is 1. The van der Waals surface area contributed by atoms with E-state index in [-0.39, 0.29) is 29.9 Å². The van der Waals surface area contributed by atoms with Crippen molar-refractivity contribution in [1.29, 1.82) is 0 Å². The first-order chi connectivity index (χ1) is 14.5. The lowest BCUT2D eigenvalue weighted by Crippen LogP contribution is -2.44. The lowest BCUT2D eigenvalue weighted by molar-refractivity contribution is 0.0827. The number of anilines is 1. The number of amides is 1. The van der Waals surface area contributed by atoms with Crippen LogP contribution < -0.4 is 15.5 Å². The van der Waals surface area contributed by atoms with Crippen molar-refractivity contribution in [2.24, 2.45) is 4.99 Å². The number of nitrogens with zero attached hydrogens (tertiary/aromatic N) is 3. The molecule has 1 amide bonds. The highest BCUT2D eigenvalue weighted by atomic mass is 127. The van der Waals surface area contributed by atoms with Crippen molar-refractivity contribution in [2.45, 2.75) is 25.9 Å². The second-order valence-corrected chi connectivity index (χ2v) is 8.08. The molecule has 0 aromatic heterocycles. The van der Waals surface area contributed by atoms with Crippen molar-refractivity contribution in [2.75, 3.05) is 38.6 Å². The lowest BCUT2D eigenvalue weighted by Gasteiger charge is -2.20. The van der Waals surface area contributed by atoms with Crippen LogP contribution in [0.1, 0.15) is 29.3 Å². The molecular weight excluding hydrogens is 525 g/mol. The maximum atomic E-state index is 12.0. The highest BCUT2D eigenvalue weighted by Gasteiger charge is 2.23. The van der Waals surface area contributed by atoms with Gasteiger partial charge in [-0.1, -0.05) is 29.8 Å². The van der Waals surface area contributed by atoms with Gasteiger partial charge in [-0.25, -0.2) is 4.99 Å². The third kappa shape index (κ3) is 7.28. The Bertz CT molecular complexity index is 888. The Labute approximate surface area is 207 Å². The topological polar surface area (TPSA) is 60.0 Å². The van der Waals surface area contributed by atoms with Gasteiger partial charge in [0.1, 0.15) is 0 Å². The van der Waals surface area contributed by atoms with Gasteiger partial charge in [-0.2, -0.15) is 0 Å². The van der Waals surface area contributed by atoms with Crippen LogP contribution in [-0.4, -0.2) is 56.5 Å². The summed E-state index contributed by atoms with van der Waals surface area (Å²) in [6.07, 6.45) is 1.04. The molecule has 168 valence electrons. The van der Waals surface area contributed by atoms with E-state index in [4.69, 9.17) is 16.6 Å². The molecule has 0 radical (unpaired) electrons. The molecule has 8 heteroatoms. The normalized spacial score (nSPS) is 15.9. The fourth-order valence-electron chi connectivity index (χ4n) is 3.48. The first-order valence-electron chi connectivity index (χ1n) is 10.3. The summed E-state index contributed by atoms with van der Waals surface area (Å²) in [7, 11) is 3.51. The fraction of sp³-hybridized carbons (Fsp3) is 0.391. The number of hydrogen-bond donors (Lipinski definition) is 2. The molecular formula is C23H31ClIN5O. The van der Waals surface area contributed by atoms with Crippen molar-refractivity contribution >= 4 is 53.1 Å². The number of hydrogen-bond acceptors (Lipinski definition) is 3. The van der Waals surface area contributed by atoms with Gasteiger partial charge in [0.05, 0.1) is 6.54 Å². The number of aliphatic imine (C=N–C) groups is 1. The van der Waals surface area contributed by atoms with E-state index in [9.17, 15) is 4.79 Å². The summed E-state index contributed by atoms with van der Waals surface area (Å²) >= 11 is 6.13. The Hall–Kier alpha value is -2.00. The van der Waals surface area contributed by atoms with E-state index < -0.39 is 0 Å². The van der Waals surface area contributed by atoms with Crippen LogP contribution in [-0.2, 0) is 6.54 Å². The largest absolute Gasteiger partial charge is 0.369 e. The van der Waals surface area contributed by atoms with Gasteiger partial charge in [0, 0.05) is 56.0 Å². The molecule has 1 unspecified atom stereocenters. The summed E-state index contributed by atoms with van der Waals surface area (Å²) in [5.41, 5.74) is 2.90. The minimum atomic E-state index is 0. The van der Waals surface area contributed by atoms with Crippen molar-refractivity contribution < 1.29 is 4.79 Å². The molecule has 1 atom stereocenters. The summed E-state index contributed by atoms with van der Waals surface area (Å²) in [5, 5.41) is 7.64. The van der Waals surface area contributed by atoms with Crippen LogP contribution in [0, 0.1) is 0 Å². The number of halogens is 2. The summed E-state index contributed by atoms with van der Waals surface area (Å²) < 4.78 is 0. The summed E-state index contributed by atoms with van der Waals surface area (Å²) in [4.78, 5) is 20.7. The molecule has 1 aliphatic heterocycles. The van der Waals surface area contributed by atoms with Crippen LogP contribution in [0.2, 0.25) is 5.02 Å². The van der Waals surface area contributed by atoms with Gasteiger partial charge < -0.3 is 20.4 Å². The Kier molecular flexibility index (Phi) is 9.90. The number of guanidine groups is 1. The summed E-state index contributed by atoms with van der Waals surface area (Å²) in [6.45, 7) is 5.31. The van der Waals surface area contributed by atoms with Crippen molar-refractivity contribution in [3.63, 3.8) is 0 Å². The Morgan fingerprint density at radius 3 is 2.61 bits per heavy atom. The zero-order valence-corrected chi connectivity index (χ0v) is 21.4. The predicted octanol–water partition coefficient (Wildman–Crippen LogP) is 3.99. The van der Waals surface area contributed by atoms with Crippen LogP contribution in [0.15, 0.2) is 53.5 Å². The minimum absolute atomic E-state index is 0. The fourth-order valence-corrected chi connectivity index (χ4v) is 3.66. The molecule has 1 aliphatic rings. The van der Waals surface area contributed by atoms with E-state index in [0.717, 1.165) is 48.3 Å². The van der Waals surface area contributed by atoms with Crippen LogP contribution in [0.25, 0.3) is 0 Å². The van der Waals surface area contributed by atoms with Gasteiger partial charge in [0.25, 0.3) is 5.91 Å². The van der Waals surface area contributed by atoms with Crippen LogP contribution >= 0.6 is 35.6 Å². The van der Waals surface area contributed by atoms with Gasteiger partial charge >= 0.3 is 0 Å². The molecule has 6 nitrogen and oxygen atoms in total. The van der Waals surface area contributed by atoms with Crippen molar-refractivity contribution in [3.8, 4) is 0 Å². The van der Waals surface area contributed by atoms with E-state index in [1.54, 1.807) is 19.0 Å². The van der Waals surface area contributed by atoms with Gasteiger partial charge in [0.15, 0.2) is 5.96 Å². The zero-order chi connectivity index (χ0) is 21.5. The summed E-state index contributed by atoms with van der Waals surface area (Å²) in [6, 6.07) is 15.9. The maximum absolute atomic E-state index is 12.0. The minimum Gasteiger partial charge on any atom is -0.369 e. The number of rotatable bonds is 6. The van der Waals surface area contributed by atoms with E-state index in [1.165, 1.54) is 0 Å². The third-order valence-electron chi connectivity index (χ3n) is 5.07. The molecule has 1 fully saturated rings. The molecule has 0 bridgehead atoms. The average Bonchev–Trinajstić information content (AvgIpc) is 3.20. The molecule has 1 saturated heterocycles. The van der Waals surface area contributed by atoms with Gasteiger partial charge in [-0.05, 0) is 49.2 Å². The number of nitrogens with one attached hydrogen (secondary N) is 2. The molecule has 3 rings (SSSR count). The Balaban J connectivity index is 0.00000341. The molecule has 1 heterocycles. The van der Waals surface area contributed by atoms with Crippen LogP contribution in [0.3, 0.4) is 0 Å². The first-order valence-corrected chi connectivity index (χ1v) is 10.7. The van der Waals surface area contributed by atoms with Gasteiger partial charge in [0.2, 0.25) is 0 Å². The molecule has 2 aromatic carbocycles. The van der Waals surface area contributed by atoms with E-state index in [0.29, 0.717) is 18.2 Å². The van der Waals surface area contributed by atoms with E-state index >= 15 is 0 Å². The van der Waals surface area contributed by atoms with Crippen LogP contribution in [0.4, 0.5) is 5.69 Å². The second-order valence-electron chi connectivity index (χ2n) is 7.65. The number of carbonyl (C=O) groups excluding carboxylic acids is 1. The molecule has 0 spiro atoms. The zero-order valence-electron chi connectivity index (χ0n) is 18.3.